The summed E-state index contributed by atoms with van der Waals surface area (Å²) in [6.07, 6.45) is 4.58. The molecule has 0 saturated heterocycles. The van der Waals surface area contributed by atoms with Crippen molar-refractivity contribution in [3.63, 3.8) is 0 Å². The summed E-state index contributed by atoms with van der Waals surface area (Å²) in [5, 5.41) is 4.31. The Bertz CT molecular complexity index is 1240. The third-order valence-electron chi connectivity index (χ3n) is 6.15. The number of esters is 1. The number of aromatic nitrogens is 3. The Hall–Kier alpha value is -4.00. The summed E-state index contributed by atoms with van der Waals surface area (Å²) in [6, 6.07) is 19.7. The lowest BCUT2D eigenvalue weighted by molar-refractivity contribution is 0.0594. The summed E-state index contributed by atoms with van der Waals surface area (Å²) in [4.78, 5) is 20.4. The van der Waals surface area contributed by atoms with Gasteiger partial charge < -0.3 is 15.0 Å². The number of hydrogen-bond acceptors (Lipinski definition) is 7. The topological polar surface area (TPSA) is 104 Å². The standard InChI is InChI=1S/C25H22N4O3/c1-31-23(30)21-12-7-18(15-27-21)22-28-24(29-32-22)25(13-2-14-25)19-8-3-16(4-9-19)17-5-10-20(26)11-6-17/h3-12,15H,2,13-14,26H2,1H3. The number of nitrogen functional groups attached to an aromatic ring is 1. The van der Waals surface area contributed by atoms with Crippen molar-refractivity contribution in [3.8, 4) is 22.6 Å². The fourth-order valence-electron chi connectivity index (χ4n) is 4.11. The number of ether oxygens (including phenoxy) is 1. The molecule has 5 rings (SSSR count). The van der Waals surface area contributed by atoms with Gasteiger partial charge in [-0.25, -0.2) is 9.78 Å². The largest absolute Gasteiger partial charge is 0.464 e. The minimum Gasteiger partial charge on any atom is -0.464 e. The van der Waals surface area contributed by atoms with Gasteiger partial charge in [0.25, 0.3) is 5.89 Å². The molecule has 0 aliphatic heterocycles. The molecule has 2 aromatic carbocycles. The molecule has 1 aliphatic rings. The Morgan fingerprint density at radius 1 is 0.969 bits per heavy atom. The average molecular weight is 426 g/mol. The quantitative estimate of drug-likeness (QED) is 0.366. The van der Waals surface area contributed by atoms with E-state index in [-0.39, 0.29) is 11.1 Å². The van der Waals surface area contributed by atoms with Gasteiger partial charge in [-0.2, -0.15) is 4.98 Å². The molecule has 7 heteroatoms. The molecule has 4 aromatic rings. The lowest BCUT2D eigenvalue weighted by Crippen LogP contribution is -2.36. The van der Waals surface area contributed by atoms with Crippen LogP contribution in [0, 0.1) is 0 Å². The van der Waals surface area contributed by atoms with Gasteiger partial charge in [0.2, 0.25) is 0 Å². The number of anilines is 1. The van der Waals surface area contributed by atoms with Gasteiger partial charge in [0.1, 0.15) is 5.69 Å². The number of carbonyl (C=O) groups is 1. The average Bonchev–Trinajstić information content (AvgIpc) is 3.29. The van der Waals surface area contributed by atoms with Crippen molar-refractivity contribution >= 4 is 11.7 Å². The number of pyridine rings is 1. The fourth-order valence-corrected chi connectivity index (χ4v) is 4.11. The summed E-state index contributed by atoms with van der Waals surface area (Å²) in [5.41, 5.74) is 10.6. The lowest BCUT2D eigenvalue weighted by atomic mass is 9.64. The second-order valence-corrected chi connectivity index (χ2v) is 7.98. The van der Waals surface area contributed by atoms with Crippen molar-refractivity contribution in [2.75, 3.05) is 12.8 Å². The maximum atomic E-state index is 11.6. The fraction of sp³-hybridized carbons (Fsp3) is 0.200. The zero-order valence-electron chi connectivity index (χ0n) is 17.6. The van der Waals surface area contributed by atoms with Crippen molar-refractivity contribution in [3.05, 3.63) is 83.9 Å². The molecule has 1 aliphatic carbocycles. The summed E-state index contributed by atoms with van der Waals surface area (Å²) >= 11 is 0. The lowest BCUT2D eigenvalue weighted by Gasteiger charge is -2.39. The van der Waals surface area contributed by atoms with Crippen LogP contribution in [0.25, 0.3) is 22.6 Å². The molecule has 1 fully saturated rings. The molecule has 0 amide bonds. The summed E-state index contributed by atoms with van der Waals surface area (Å²) in [5.74, 6) is 0.573. The van der Waals surface area contributed by atoms with Gasteiger partial charge in [0.15, 0.2) is 5.82 Å². The van der Waals surface area contributed by atoms with E-state index in [4.69, 9.17) is 10.3 Å². The van der Waals surface area contributed by atoms with E-state index in [0.29, 0.717) is 17.3 Å². The number of rotatable bonds is 5. The first kappa shape index (κ1) is 19.9. The molecule has 160 valence electrons. The number of nitrogens with two attached hydrogens (primary N) is 1. The van der Waals surface area contributed by atoms with Crippen molar-refractivity contribution in [2.45, 2.75) is 24.7 Å². The predicted octanol–water partition coefficient (Wildman–Crippen LogP) is 4.64. The monoisotopic (exact) mass is 426 g/mol. The first-order valence-corrected chi connectivity index (χ1v) is 10.4. The van der Waals surface area contributed by atoms with Gasteiger partial charge in [-0.3, -0.25) is 0 Å². The second-order valence-electron chi connectivity index (χ2n) is 7.98. The van der Waals surface area contributed by atoms with E-state index in [1.165, 1.54) is 12.7 Å². The van der Waals surface area contributed by atoms with Gasteiger partial charge in [-0.15, -0.1) is 0 Å². The van der Waals surface area contributed by atoms with E-state index < -0.39 is 5.97 Å². The second kappa shape index (κ2) is 7.92. The van der Waals surface area contributed by atoms with Gasteiger partial charge in [-0.1, -0.05) is 48.0 Å². The van der Waals surface area contributed by atoms with Crippen LogP contribution in [0.1, 0.15) is 41.1 Å². The van der Waals surface area contributed by atoms with E-state index in [0.717, 1.165) is 36.1 Å². The Labute approximate surface area is 185 Å². The van der Waals surface area contributed by atoms with Crippen LogP contribution in [0.15, 0.2) is 71.4 Å². The van der Waals surface area contributed by atoms with Crippen molar-refractivity contribution in [2.24, 2.45) is 0 Å². The van der Waals surface area contributed by atoms with Crippen LogP contribution in [0.2, 0.25) is 0 Å². The maximum absolute atomic E-state index is 11.6. The third kappa shape index (κ3) is 3.41. The molecule has 0 atom stereocenters. The normalized spacial score (nSPS) is 14.5. The zero-order valence-corrected chi connectivity index (χ0v) is 17.6. The molecule has 32 heavy (non-hydrogen) atoms. The van der Waals surface area contributed by atoms with Crippen LogP contribution in [-0.2, 0) is 10.2 Å². The van der Waals surface area contributed by atoms with Gasteiger partial charge in [0, 0.05) is 11.9 Å². The minimum absolute atomic E-state index is 0.229. The number of benzene rings is 2. The Kier molecular flexibility index (Phi) is 4.93. The van der Waals surface area contributed by atoms with Crippen molar-refractivity contribution < 1.29 is 14.1 Å². The predicted molar refractivity (Wildman–Crippen MR) is 120 cm³/mol. The van der Waals surface area contributed by atoms with Crippen LogP contribution in [0.3, 0.4) is 0 Å². The van der Waals surface area contributed by atoms with Crippen molar-refractivity contribution in [1.82, 2.24) is 15.1 Å². The summed E-state index contributed by atoms with van der Waals surface area (Å²) < 4.78 is 10.2. The molecule has 0 radical (unpaired) electrons. The minimum atomic E-state index is -0.487. The third-order valence-corrected chi connectivity index (χ3v) is 6.15. The highest BCUT2D eigenvalue weighted by Crippen LogP contribution is 2.48. The highest BCUT2D eigenvalue weighted by atomic mass is 16.5. The summed E-state index contributed by atoms with van der Waals surface area (Å²) in [6.45, 7) is 0. The van der Waals surface area contributed by atoms with Crippen LogP contribution >= 0.6 is 0 Å². The Balaban J connectivity index is 1.42. The van der Waals surface area contributed by atoms with Gasteiger partial charge in [-0.05, 0) is 53.8 Å². The smallest absolute Gasteiger partial charge is 0.356 e. The maximum Gasteiger partial charge on any atom is 0.356 e. The van der Waals surface area contributed by atoms with Crippen LogP contribution in [-0.4, -0.2) is 28.2 Å². The molecule has 1 saturated carbocycles. The number of nitrogens with zero attached hydrogens (tertiary/aromatic N) is 3. The first-order valence-electron chi connectivity index (χ1n) is 10.4. The van der Waals surface area contributed by atoms with E-state index in [2.05, 4.69) is 44.1 Å². The molecule has 7 nitrogen and oxygen atoms in total. The molecule has 2 aromatic heterocycles. The van der Waals surface area contributed by atoms with Gasteiger partial charge in [0.05, 0.1) is 18.1 Å². The van der Waals surface area contributed by atoms with E-state index >= 15 is 0 Å². The highest BCUT2D eigenvalue weighted by Gasteiger charge is 2.44. The molecule has 2 heterocycles. The number of carbonyl (C=O) groups excluding carboxylic acids is 1. The number of methoxy groups -OCH3 is 1. The van der Waals surface area contributed by atoms with E-state index in [9.17, 15) is 4.79 Å². The number of hydrogen-bond donors (Lipinski definition) is 1. The summed E-state index contributed by atoms with van der Waals surface area (Å²) in [7, 11) is 1.32. The molecular weight excluding hydrogens is 404 g/mol. The van der Waals surface area contributed by atoms with Crippen LogP contribution < -0.4 is 5.73 Å². The van der Waals surface area contributed by atoms with E-state index in [1.807, 2.05) is 24.3 Å². The first-order chi connectivity index (χ1) is 15.6. The van der Waals surface area contributed by atoms with Crippen LogP contribution in [0.4, 0.5) is 5.69 Å². The molecular formula is C25H22N4O3. The van der Waals surface area contributed by atoms with Crippen molar-refractivity contribution in [1.29, 1.82) is 0 Å². The molecule has 0 bridgehead atoms. The van der Waals surface area contributed by atoms with E-state index in [1.54, 1.807) is 18.3 Å². The zero-order chi connectivity index (χ0) is 22.1. The Morgan fingerprint density at radius 2 is 1.62 bits per heavy atom. The molecule has 0 unspecified atom stereocenters. The van der Waals surface area contributed by atoms with Gasteiger partial charge >= 0.3 is 5.97 Å². The molecule has 0 spiro atoms. The highest BCUT2D eigenvalue weighted by molar-refractivity contribution is 5.87. The SMILES string of the molecule is COC(=O)c1ccc(-c2nc(C3(c4ccc(-c5ccc(N)cc5)cc4)CCC3)no2)cn1. The Morgan fingerprint density at radius 3 is 2.19 bits per heavy atom. The molecule has 2 N–H and O–H groups in total. The van der Waals surface area contributed by atoms with Crippen LogP contribution in [0.5, 0.6) is 0 Å².